The van der Waals surface area contributed by atoms with Gasteiger partial charge in [0.2, 0.25) is 6.29 Å². The highest BCUT2D eigenvalue weighted by atomic mass is 16.7. The molecule has 76 valence electrons. The minimum Gasteiger partial charge on any atom is -0.435 e. The van der Waals surface area contributed by atoms with E-state index in [4.69, 9.17) is 9.47 Å². The topological polar surface area (TPSA) is 35.5 Å². The average Bonchev–Trinajstić information content (AvgIpc) is 1.97. The molecule has 0 aromatic rings. The minimum absolute atomic E-state index is 0.0505. The Balaban J connectivity index is 2.69. The summed E-state index contributed by atoms with van der Waals surface area (Å²) in [7, 11) is 0. The van der Waals surface area contributed by atoms with Crippen LogP contribution in [0.15, 0.2) is 0 Å². The van der Waals surface area contributed by atoms with Crippen LogP contribution in [0.3, 0.4) is 0 Å². The molecule has 1 saturated heterocycles. The molecule has 1 rings (SSSR count). The number of rotatable bonds is 0. The Morgan fingerprint density at radius 1 is 1.23 bits per heavy atom. The summed E-state index contributed by atoms with van der Waals surface area (Å²) >= 11 is 0. The van der Waals surface area contributed by atoms with Gasteiger partial charge in [0.05, 0.1) is 12.0 Å². The van der Waals surface area contributed by atoms with Crippen molar-refractivity contribution >= 4 is 5.97 Å². The molecule has 0 bridgehead atoms. The maximum absolute atomic E-state index is 11.4. The summed E-state index contributed by atoms with van der Waals surface area (Å²) in [5.74, 6) is -0.308. The van der Waals surface area contributed by atoms with Crippen LogP contribution in [0.5, 0.6) is 0 Å². The van der Waals surface area contributed by atoms with Gasteiger partial charge in [-0.05, 0) is 13.8 Å². The Bertz CT molecular complexity index is 205. The maximum atomic E-state index is 11.4. The lowest BCUT2D eigenvalue weighted by Gasteiger charge is -2.38. The Morgan fingerprint density at radius 2 is 1.77 bits per heavy atom. The van der Waals surface area contributed by atoms with Gasteiger partial charge >= 0.3 is 5.97 Å². The summed E-state index contributed by atoms with van der Waals surface area (Å²) in [4.78, 5) is 11.4. The Morgan fingerprint density at radius 3 is 2.15 bits per heavy atom. The summed E-state index contributed by atoms with van der Waals surface area (Å²) < 4.78 is 10.8. The zero-order valence-corrected chi connectivity index (χ0v) is 8.96. The first kappa shape index (κ1) is 10.5. The number of cyclic esters (lactones) is 1. The first-order valence-corrected chi connectivity index (χ1v) is 4.68. The highest BCUT2D eigenvalue weighted by Gasteiger charge is 2.39. The Hall–Kier alpha value is -0.570. The SMILES string of the molecule is C[C@H]1O[C@@H](C(C)(C)C)OC(=O)[C@@H]1C. The molecule has 3 nitrogen and oxygen atoms in total. The van der Waals surface area contributed by atoms with Gasteiger partial charge < -0.3 is 9.47 Å². The van der Waals surface area contributed by atoms with Gasteiger partial charge in [-0.25, -0.2) is 0 Å². The van der Waals surface area contributed by atoms with Crippen molar-refractivity contribution < 1.29 is 14.3 Å². The van der Waals surface area contributed by atoms with E-state index in [0.29, 0.717) is 0 Å². The fraction of sp³-hybridized carbons (Fsp3) is 0.900. The third-order valence-electron chi connectivity index (χ3n) is 2.34. The van der Waals surface area contributed by atoms with E-state index in [-0.39, 0.29) is 23.4 Å². The van der Waals surface area contributed by atoms with Gasteiger partial charge in [0.25, 0.3) is 0 Å². The van der Waals surface area contributed by atoms with Crippen molar-refractivity contribution in [1.82, 2.24) is 0 Å². The van der Waals surface area contributed by atoms with E-state index in [0.717, 1.165) is 0 Å². The van der Waals surface area contributed by atoms with E-state index >= 15 is 0 Å². The zero-order valence-electron chi connectivity index (χ0n) is 8.96. The molecule has 0 N–H and O–H groups in total. The summed E-state index contributed by atoms with van der Waals surface area (Å²) in [6.07, 6.45) is -0.461. The number of hydrogen-bond acceptors (Lipinski definition) is 3. The van der Waals surface area contributed by atoms with E-state index in [9.17, 15) is 4.79 Å². The molecule has 0 spiro atoms. The lowest BCUT2D eigenvalue weighted by atomic mass is 9.94. The van der Waals surface area contributed by atoms with Gasteiger partial charge in [-0.15, -0.1) is 0 Å². The monoisotopic (exact) mass is 186 g/mol. The van der Waals surface area contributed by atoms with Crippen LogP contribution in [0.2, 0.25) is 0 Å². The smallest absolute Gasteiger partial charge is 0.313 e. The van der Waals surface area contributed by atoms with Crippen LogP contribution in [0.25, 0.3) is 0 Å². The number of hydrogen-bond donors (Lipinski definition) is 0. The van der Waals surface area contributed by atoms with Crippen LogP contribution in [0.1, 0.15) is 34.6 Å². The van der Waals surface area contributed by atoms with Crippen LogP contribution >= 0.6 is 0 Å². The lowest BCUT2D eigenvalue weighted by molar-refractivity contribution is -0.252. The molecule has 1 aliphatic rings. The van der Waals surface area contributed by atoms with Crippen molar-refractivity contribution in [2.45, 2.75) is 47.0 Å². The molecule has 0 unspecified atom stereocenters. The fourth-order valence-corrected chi connectivity index (χ4v) is 1.13. The van der Waals surface area contributed by atoms with E-state index in [1.54, 1.807) is 0 Å². The molecule has 0 amide bonds. The van der Waals surface area contributed by atoms with Gasteiger partial charge in [-0.3, -0.25) is 4.79 Å². The molecule has 0 radical (unpaired) electrons. The predicted molar refractivity (Wildman–Crippen MR) is 49.0 cm³/mol. The summed E-state index contributed by atoms with van der Waals surface area (Å²) in [6, 6.07) is 0. The number of carbonyl (C=O) groups is 1. The molecular formula is C10H18O3. The largest absolute Gasteiger partial charge is 0.435 e. The van der Waals surface area contributed by atoms with Gasteiger partial charge in [0, 0.05) is 5.41 Å². The molecule has 1 fully saturated rings. The number of ether oxygens (including phenoxy) is 2. The van der Waals surface area contributed by atoms with Crippen molar-refractivity contribution in [3.8, 4) is 0 Å². The second-order valence-corrected chi connectivity index (χ2v) is 4.76. The third-order valence-corrected chi connectivity index (χ3v) is 2.34. The number of esters is 1. The number of carbonyl (C=O) groups excluding carboxylic acids is 1. The second-order valence-electron chi connectivity index (χ2n) is 4.76. The van der Waals surface area contributed by atoms with Crippen molar-refractivity contribution in [3.05, 3.63) is 0 Å². The lowest BCUT2D eigenvalue weighted by Crippen LogP contribution is -2.46. The normalized spacial score (nSPS) is 35.8. The summed E-state index contributed by atoms with van der Waals surface area (Å²) in [5.41, 5.74) is -0.149. The zero-order chi connectivity index (χ0) is 10.2. The molecule has 3 heteroatoms. The molecule has 0 aromatic carbocycles. The summed E-state index contributed by atoms with van der Waals surface area (Å²) in [6.45, 7) is 9.71. The van der Waals surface area contributed by atoms with E-state index in [1.807, 2.05) is 34.6 Å². The highest BCUT2D eigenvalue weighted by molar-refractivity contribution is 5.73. The quantitative estimate of drug-likeness (QED) is 0.542. The van der Waals surface area contributed by atoms with Gasteiger partial charge in [0.1, 0.15) is 0 Å². The van der Waals surface area contributed by atoms with Crippen molar-refractivity contribution in [2.24, 2.45) is 11.3 Å². The maximum Gasteiger partial charge on any atom is 0.313 e. The molecular weight excluding hydrogens is 168 g/mol. The molecule has 1 heterocycles. The summed E-state index contributed by atoms with van der Waals surface area (Å²) in [5, 5.41) is 0. The van der Waals surface area contributed by atoms with Crippen LogP contribution in [0, 0.1) is 11.3 Å². The van der Waals surface area contributed by atoms with Crippen LogP contribution in [0.4, 0.5) is 0 Å². The fourth-order valence-electron chi connectivity index (χ4n) is 1.13. The average molecular weight is 186 g/mol. The first-order valence-electron chi connectivity index (χ1n) is 4.68. The van der Waals surface area contributed by atoms with E-state index in [2.05, 4.69) is 0 Å². The van der Waals surface area contributed by atoms with Gasteiger partial charge in [-0.2, -0.15) is 0 Å². The molecule has 1 aliphatic heterocycles. The van der Waals surface area contributed by atoms with Gasteiger partial charge in [-0.1, -0.05) is 20.8 Å². The molecule has 3 atom stereocenters. The predicted octanol–water partition coefficient (Wildman–Crippen LogP) is 1.96. The standard InChI is InChI=1S/C10H18O3/c1-6-7(2)12-9(10(3,4)5)13-8(6)11/h6-7,9H,1-5H3/t6-,7-,9-/m1/s1. The van der Waals surface area contributed by atoms with Crippen molar-refractivity contribution in [3.63, 3.8) is 0 Å². The van der Waals surface area contributed by atoms with Crippen LogP contribution in [-0.2, 0) is 14.3 Å². The minimum atomic E-state index is -0.411. The van der Waals surface area contributed by atoms with E-state index in [1.165, 1.54) is 0 Å². The third kappa shape index (κ3) is 2.21. The molecule has 13 heavy (non-hydrogen) atoms. The van der Waals surface area contributed by atoms with Crippen LogP contribution in [-0.4, -0.2) is 18.4 Å². The van der Waals surface area contributed by atoms with Crippen LogP contribution < -0.4 is 0 Å². The molecule has 0 saturated carbocycles. The van der Waals surface area contributed by atoms with Crippen molar-refractivity contribution in [1.29, 1.82) is 0 Å². The Kier molecular flexibility index (Phi) is 2.66. The van der Waals surface area contributed by atoms with Crippen molar-refractivity contribution in [2.75, 3.05) is 0 Å². The van der Waals surface area contributed by atoms with Gasteiger partial charge in [0.15, 0.2) is 0 Å². The molecule has 0 aromatic heterocycles. The first-order chi connectivity index (χ1) is 5.82. The second kappa shape index (κ2) is 3.29. The molecule has 0 aliphatic carbocycles. The highest BCUT2D eigenvalue weighted by Crippen LogP contribution is 2.30. The van der Waals surface area contributed by atoms with E-state index < -0.39 is 6.29 Å². The Labute approximate surface area is 79.4 Å².